The molecule has 0 saturated carbocycles. The van der Waals surface area contributed by atoms with Crippen molar-refractivity contribution in [1.82, 2.24) is 15.2 Å². The van der Waals surface area contributed by atoms with Gasteiger partial charge in [-0.25, -0.2) is 4.98 Å². The van der Waals surface area contributed by atoms with Gasteiger partial charge in [-0.15, -0.1) is 0 Å². The minimum absolute atomic E-state index is 0.0388. The molecule has 0 radical (unpaired) electrons. The van der Waals surface area contributed by atoms with E-state index in [-0.39, 0.29) is 49.3 Å². The summed E-state index contributed by atoms with van der Waals surface area (Å²) in [5.74, 6) is 0.0840. The van der Waals surface area contributed by atoms with Gasteiger partial charge in [0.2, 0.25) is 17.7 Å². The molecule has 1 atom stereocenters. The van der Waals surface area contributed by atoms with Gasteiger partial charge < -0.3 is 14.1 Å². The second-order valence-corrected chi connectivity index (χ2v) is 7.95. The van der Waals surface area contributed by atoms with Crippen LogP contribution in [0, 0.1) is 0 Å². The molecular weight excluding hydrogens is 445 g/mol. The van der Waals surface area contributed by atoms with Gasteiger partial charge in [-0.2, -0.15) is 4.39 Å². The number of oxazole rings is 1. The van der Waals surface area contributed by atoms with Crippen LogP contribution < -0.4 is 10.1 Å². The Hall–Kier alpha value is -4.34. The van der Waals surface area contributed by atoms with E-state index in [2.05, 4.69) is 10.3 Å². The molecule has 3 aromatic rings. The summed E-state index contributed by atoms with van der Waals surface area (Å²) in [5, 5.41) is 2.28. The molecule has 0 bridgehead atoms. The predicted octanol–water partition coefficient (Wildman–Crippen LogP) is 2.79. The summed E-state index contributed by atoms with van der Waals surface area (Å²) in [6.07, 6.45) is 1.95. The summed E-state index contributed by atoms with van der Waals surface area (Å²) in [7, 11) is 0. The Bertz CT molecular complexity index is 1320. The lowest BCUT2D eigenvalue weighted by molar-refractivity contribution is -0.136. The highest BCUT2D eigenvalue weighted by molar-refractivity contribution is 6.05. The molecule has 34 heavy (non-hydrogen) atoms. The minimum atomic E-state index is -1.52. The topological polar surface area (TPSA) is 119 Å². The van der Waals surface area contributed by atoms with E-state index in [9.17, 15) is 23.6 Å². The molecule has 1 N–H and O–H groups in total. The Morgan fingerprint density at radius 3 is 2.71 bits per heavy atom. The Morgan fingerprint density at radius 2 is 1.97 bits per heavy atom. The summed E-state index contributed by atoms with van der Waals surface area (Å²) in [6, 6.07) is 8.62. The van der Waals surface area contributed by atoms with Gasteiger partial charge in [0.15, 0.2) is 5.76 Å². The quantitative estimate of drug-likeness (QED) is 0.441. The molecule has 2 aromatic carbocycles. The van der Waals surface area contributed by atoms with E-state index >= 15 is 0 Å². The van der Waals surface area contributed by atoms with Crippen LogP contribution in [0.1, 0.15) is 44.9 Å². The van der Waals surface area contributed by atoms with Crippen molar-refractivity contribution in [2.45, 2.75) is 32.0 Å². The number of nitrogens with zero attached hydrogens (tertiary/aromatic N) is 2. The summed E-state index contributed by atoms with van der Waals surface area (Å²) in [6.45, 7) is 0.231. The fourth-order valence-corrected chi connectivity index (χ4v) is 4.09. The van der Waals surface area contributed by atoms with Crippen LogP contribution in [-0.4, -0.2) is 39.7 Å². The number of rotatable bonds is 6. The lowest BCUT2D eigenvalue weighted by Gasteiger charge is -2.29. The molecule has 1 saturated heterocycles. The van der Waals surface area contributed by atoms with Gasteiger partial charge in [0.1, 0.15) is 18.4 Å². The van der Waals surface area contributed by atoms with Crippen LogP contribution >= 0.6 is 0 Å². The average Bonchev–Trinajstić information content (AvgIpc) is 3.43. The number of halogens is 1. The summed E-state index contributed by atoms with van der Waals surface area (Å²) in [4.78, 5) is 53.0. The zero-order valence-electron chi connectivity index (χ0n) is 17.7. The maximum Gasteiger partial charge on any atom is 0.332 e. The van der Waals surface area contributed by atoms with E-state index in [0.717, 1.165) is 0 Å². The molecule has 172 valence electrons. The SMILES string of the molecule is O=C1CCC(N2Cc3c(OCc4cnc(-c5ccc(C(=O)F)cc5)o4)cccc3C2=O)C(=O)N1. The standard InChI is InChI=1S/C24H18FN3O6/c25-21(30)13-4-6-14(7-5-13)23-26-10-15(34-23)12-33-19-3-1-2-16-17(19)11-28(24(16)32)18-8-9-20(29)27-22(18)31/h1-7,10,18H,8-9,11-12H2,(H,27,29,31). The number of hydrogen-bond donors (Lipinski definition) is 1. The van der Waals surface area contributed by atoms with E-state index in [4.69, 9.17) is 9.15 Å². The average molecular weight is 463 g/mol. The van der Waals surface area contributed by atoms with Gasteiger partial charge in [0.25, 0.3) is 5.91 Å². The van der Waals surface area contributed by atoms with Crippen LogP contribution in [0.25, 0.3) is 11.5 Å². The van der Waals surface area contributed by atoms with Crippen LogP contribution in [-0.2, 0) is 22.7 Å². The number of aromatic nitrogens is 1. The molecule has 3 amide bonds. The van der Waals surface area contributed by atoms with Gasteiger partial charge in [-0.3, -0.25) is 24.5 Å². The summed E-state index contributed by atoms with van der Waals surface area (Å²) in [5.41, 5.74) is 1.62. The van der Waals surface area contributed by atoms with Crippen LogP contribution in [0.4, 0.5) is 4.39 Å². The number of piperidine rings is 1. The first kappa shape index (κ1) is 21.5. The van der Waals surface area contributed by atoms with Gasteiger partial charge >= 0.3 is 6.04 Å². The molecule has 9 nitrogen and oxygen atoms in total. The van der Waals surface area contributed by atoms with Crippen LogP contribution in [0.15, 0.2) is 53.1 Å². The Kier molecular flexibility index (Phi) is 5.40. The minimum Gasteiger partial charge on any atom is -0.485 e. The highest BCUT2D eigenvalue weighted by Crippen LogP contribution is 2.34. The van der Waals surface area contributed by atoms with E-state index in [1.165, 1.54) is 35.4 Å². The molecule has 1 fully saturated rings. The molecule has 10 heteroatoms. The van der Waals surface area contributed by atoms with E-state index in [0.29, 0.717) is 28.2 Å². The molecule has 0 spiro atoms. The van der Waals surface area contributed by atoms with Crippen LogP contribution in [0.5, 0.6) is 5.75 Å². The first-order chi connectivity index (χ1) is 16.4. The van der Waals surface area contributed by atoms with Crippen molar-refractivity contribution in [3.63, 3.8) is 0 Å². The molecule has 1 aromatic heterocycles. The van der Waals surface area contributed by atoms with Crippen LogP contribution in [0.3, 0.4) is 0 Å². The lowest BCUT2D eigenvalue weighted by atomic mass is 10.0. The number of ether oxygens (including phenoxy) is 1. The second-order valence-electron chi connectivity index (χ2n) is 7.95. The number of fused-ring (bicyclic) bond motifs is 1. The third-order valence-electron chi connectivity index (χ3n) is 5.82. The first-order valence-electron chi connectivity index (χ1n) is 10.5. The monoisotopic (exact) mass is 463 g/mol. The lowest BCUT2D eigenvalue weighted by Crippen LogP contribution is -2.52. The van der Waals surface area contributed by atoms with Gasteiger partial charge in [-0.1, -0.05) is 6.07 Å². The molecule has 3 heterocycles. The van der Waals surface area contributed by atoms with E-state index in [1.807, 2.05) is 0 Å². The van der Waals surface area contributed by atoms with Crippen molar-refractivity contribution in [2.24, 2.45) is 0 Å². The zero-order chi connectivity index (χ0) is 23.8. The number of imide groups is 1. The molecule has 1 unspecified atom stereocenters. The van der Waals surface area contributed by atoms with Crippen molar-refractivity contribution in [3.8, 4) is 17.2 Å². The highest BCUT2D eigenvalue weighted by atomic mass is 19.1. The van der Waals surface area contributed by atoms with Crippen molar-refractivity contribution in [3.05, 3.63) is 71.1 Å². The largest absolute Gasteiger partial charge is 0.485 e. The normalized spacial score (nSPS) is 17.5. The Morgan fingerprint density at radius 1 is 1.18 bits per heavy atom. The maximum absolute atomic E-state index is 12.9. The number of carbonyl (C=O) groups excluding carboxylic acids is 4. The fourth-order valence-electron chi connectivity index (χ4n) is 4.09. The fraction of sp³-hybridized carbons (Fsp3) is 0.208. The summed E-state index contributed by atoms with van der Waals surface area (Å²) >= 11 is 0. The summed E-state index contributed by atoms with van der Waals surface area (Å²) < 4.78 is 24.4. The molecule has 5 rings (SSSR count). The molecule has 2 aliphatic rings. The number of amides is 3. The third-order valence-corrected chi connectivity index (χ3v) is 5.82. The van der Waals surface area contributed by atoms with Crippen molar-refractivity contribution >= 4 is 23.8 Å². The smallest absolute Gasteiger partial charge is 0.332 e. The zero-order valence-corrected chi connectivity index (χ0v) is 17.7. The van der Waals surface area contributed by atoms with Crippen LogP contribution in [0.2, 0.25) is 0 Å². The van der Waals surface area contributed by atoms with Gasteiger partial charge in [0.05, 0.1) is 18.3 Å². The highest BCUT2D eigenvalue weighted by Gasteiger charge is 2.40. The molecule has 0 aliphatic carbocycles. The Labute approximate surface area is 192 Å². The van der Waals surface area contributed by atoms with E-state index < -0.39 is 18.0 Å². The number of benzene rings is 2. The van der Waals surface area contributed by atoms with Crippen molar-refractivity contribution in [2.75, 3.05) is 0 Å². The maximum atomic E-state index is 12.9. The third kappa shape index (κ3) is 3.94. The number of carbonyl (C=O) groups is 4. The van der Waals surface area contributed by atoms with Gasteiger partial charge in [0, 0.05) is 23.1 Å². The Balaban J connectivity index is 1.29. The second kappa shape index (κ2) is 8.54. The molecule has 2 aliphatic heterocycles. The van der Waals surface area contributed by atoms with E-state index in [1.54, 1.807) is 18.2 Å². The van der Waals surface area contributed by atoms with Gasteiger partial charge in [-0.05, 0) is 42.8 Å². The van der Waals surface area contributed by atoms with Crippen molar-refractivity contribution < 1.29 is 32.7 Å². The number of nitrogens with one attached hydrogen (secondary N) is 1. The predicted molar refractivity (Wildman–Crippen MR) is 114 cm³/mol. The number of hydrogen-bond acceptors (Lipinski definition) is 7. The first-order valence-corrected chi connectivity index (χ1v) is 10.5. The molecular formula is C24H18FN3O6. The van der Waals surface area contributed by atoms with Crippen molar-refractivity contribution in [1.29, 1.82) is 0 Å².